The molecule has 2 aromatic heterocycles. The van der Waals surface area contributed by atoms with Crippen molar-refractivity contribution in [1.82, 2.24) is 25.1 Å². The van der Waals surface area contributed by atoms with Crippen LogP contribution in [-0.2, 0) is 11.8 Å². The third-order valence-electron chi connectivity index (χ3n) is 4.86. The van der Waals surface area contributed by atoms with E-state index >= 15 is 0 Å². The van der Waals surface area contributed by atoms with Crippen LogP contribution in [0.5, 0.6) is 0 Å². The molecule has 4 aromatic rings. The number of aromatic nitrogens is 4. The van der Waals surface area contributed by atoms with E-state index in [0.717, 1.165) is 15.7 Å². The van der Waals surface area contributed by atoms with Gasteiger partial charge >= 0.3 is 0 Å². The maximum Gasteiger partial charge on any atom is 0.251 e. The predicted octanol–water partition coefficient (Wildman–Crippen LogP) is 4.92. The van der Waals surface area contributed by atoms with E-state index in [0.29, 0.717) is 21.7 Å². The molecule has 0 spiro atoms. The fourth-order valence-electron chi connectivity index (χ4n) is 3.13. The molecule has 8 nitrogen and oxygen atoms in total. The second-order valence-electron chi connectivity index (χ2n) is 7.34. The first-order valence-electron chi connectivity index (χ1n) is 10.3. The number of carbonyl (C=O) groups is 2. The lowest BCUT2D eigenvalue weighted by Gasteiger charge is -2.13. The number of hydrogen-bond donors (Lipinski definition) is 2. The summed E-state index contributed by atoms with van der Waals surface area (Å²) in [6.07, 6.45) is 0. The molecule has 174 valence electrons. The van der Waals surface area contributed by atoms with Crippen LogP contribution in [0.15, 0.2) is 69.6 Å². The maximum atomic E-state index is 12.4. The molecule has 2 amide bonds. The van der Waals surface area contributed by atoms with Gasteiger partial charge in [-0.25, -0.2) is 4.98 Å². The van der Waals surface area contributed by atoms with E-state index in [1.165, 1.54) is 23.1 Å². The van der Waals surface area contributed by atoms with Gasteiger partial charge in [0.1, 0.15) is 0 Å². The zero-order valence-corrected chi connectivity index (χ0v) is 21.6. The zero-order chi connectivity index (χ0) is 24.1. The minimum atomic E-state index is -0.347. The summed E-state index contributed by atoms with van der Waals surface area (Å²) in [7, 11) is 1.81. The number of anilines is 1. The smallest absolute Gasteiger partial charge is 0.251 e. The Morgan fingerprint density at radius 3 is 2.59 bits per heavy atom. The molecule has 0 unspecified atom stereocenters. The standard InChI is InChI=1S/C23H21BrN6O2S2/c1-14(25-21(32)16-6-4-3-5-7-16)20-28-29-23(30(20)2)34-13-19(31)27-22-26-18(12-33-22)15-8-10-17(24)11-9-15/h3-12,14H,13H2,1-2H3,(H,25,32)(H,26,27,31)/t14-/m0/s1. The summed E-state index contributed by atoms with van der Waals surface area (Å²) in [5, 5.41) is 17.2. The van der Waals surface area contributed by atoms with Crippen molar-refractivity contribution in [2.45, 2.75) is 18.1 Å². The fraction of sp³-hybridized carbons (Fsp3) is 0.174. The minimum Gasteiger partial charge on any atom is -0.342 e. The average molecular weight is 557 g/mol. The molecule has 0 aliphatic carbocycles. The highest BCUT2D eigenvalue weighted by Gasteiger charge is 2.19. The van der Waals surface area contributed by atoms with Crippen LogP contribution in [-0.4, -0.2) is 37.3 Å². The number of amides is 2. The van der Waals surface area contributed by atoms with Gasteiger partial charge < -0.3 is 15.2 Å². The summed E-state index contributed by atoms with van der Waals surface area (Å²) < 4.78 is 2.78. The van der Waals surface area contributed by atoms with Crippen LogP contribution in [0.25, 0.3) is 11.3 Å². The third-order valence-corrected chi connectivity index (χ3v) is 7.17. The topological polar surface area (TPSA) is 102 Å². The molecule has 2 N–H and O–H groups in total. The SMILES string of the molecule is C[C@H](NC(=O)c1ccccc1)c1nnc(SCC(=O)Nc2nc(-c3ccc(Br)cc3)cs2)n1C. The average Bonchev–Trinajstić information content (AvgIpc) is 3.45. The summed E-state index contributed by atoms with van der Waals surface area (Å²) in [6.45, 7) is 1.84. The number of nitrogens with zero attached hydrogens (tertiary/aromatic N) is 4. The van der Waals surface area contributed by atoms with Crippen molar-refractivity contribution in [3.05, 3.63) is 75.8 Å². The fourth-order valence-corrected chi connectivity index (χ4v) is 4.85. The van der Waals surface area contributed by atoms with Gasteiger partial charge in [0.2, 0.25) is 5.91 Å². The predicted molar refractivity (Wildman–Crippen MR) is 138 cm³/mol. The van der Waals surface area contributed by atoms with Gasteiger partial charge in [-0.2, -0.15) is 0 Å². The molecule has 2 aromatic carbocycles. The summed E-state index contributed by atoms with van der Waals surface area (Å²) in [4.78, 5) is 29.3. The Hall–Kier alpha value is -3.02. The first kappa shape index (κ1) is 24.1. The minimum absolute atomic E-state index is 0.157. The van der Waals surface area contributed by atoms with Gasteiger partial charge in [0.25, 0.3) is 5.91 Å². The van der Waals surface area contributed by atoms with E-state index in [2.05, 4.69) is 41.7 Å². The van der Waals surface area contributed by atoms with E-state index in [4.69, 9.17) is 0 Å². The number of thioether (sulfide) groups is 1. The van der Waals surface area contributed by atoms with Crippen molar-refractivity contribution in [3.8, 4) is 11.3 Å². The van der Waals surface area contributed by atoms with Gasteiger partial charge in [0, 0.05) is 28.0 Å². The Balaban J connectivity index is 1.31. The number of benzene rings is 2. The first-order valence-corrected chi connectivity index (χ1v) is 13.0. The van der Waals surface area contributed by atoms with Crippen LogP contribution in [0.3, 0.4) is 0 Å². The summed E-state index contributed by atoms with van der Waals surface area (Å²) >= 11 is 6.06. The molecule has 1 atom stereocenters. The molecule has 0 aliphatic rings. The van der Waals surface area contributed by atoms with Crippen molar-refractivity contribution >= 4 is 56.0 Å². The van der Waals surface area contributed by atoms with Crippen LogP contribution >= 0.6 is 39.0 Å². The van der Waals surface area contributed by atoms with Gasteiger partial charge in [0.15, 0.2) is 16.1 Å². The Bertz CT molecular complexity index is 1290. The lowest BCUT2D eigenvalue weighted by molar-refractivity contribution is -0.113. The molecule has 0 radical (unpaired) electrons. The number of rotatable bonds is 8. The third kappa shape index (κ3) is 5.91. The van der Waals surface area contributed by atoms with Gasteiger partial charge in [-0.05, 0) is 31.2 Å². The highest BCUT2D eigenvalue weighted by Crippen LogP contribution is 2.26. The van der Waals surface area contributed by atoms with E-state index < -0.39 is 0 Å². The molecule has 11 heteroatoms. The van der Waals surface area contributed by atoms with Crippen LogP contribution in [0.4, 0.5) is 5.13 Å². The second kappa shape index (κ2) is 10.9. The molecule has 0 aliphatic heterocycles. The number of halogens is 1. The van der Waals surface area contributed by atoms with Gasteiger partial charge in [-0.1, -0.05) is 58.0 Å². The molecule has 0 saturated heterocycles. The molecular weight excluding hydrogens is 536 g/mol. The van der Waals surface area contributed by atoms with Crippen molar-refractivity contribution in [1.29, 1.82) is 0 Å². The Morgan fingerprint density at radius 2 is 1.85 bits per heavy atom. The molecule has 0 saturated carbocycles. The lowest BCUT2D eigenvalue weighted by atomic mass is 10.2. The lowest BCUT2D eigenvalue weighted by Crippen LogP contribution is -2.28. The zero-order valence-electron chi connectivity index (χ0n) is 18.4. The number of carbonyl (C=O) groups excluding carboxylic acids is 2. The highest BCUT2D eigenvalue weighted by atomic mass is 79.9. The van der Waals surface area contributed by atoms with Crippen LogP contribution in [0.1, 0.15) is 29.1 Å². The molecule has 34 heavy (non-hydrogen) atoms. The monoisotopic (exact) mass is 556 g/mol. The first-order chi connectivity index (χ1) is 16.4. The molecule has 0 bridgehead atoms. The maximum absolute atomic E-state index is 12.4. The van der Waals surface area contributed by atoms with Crippen molar-refractivity contribution in [2.75, 3.05) is 11.1 Å². The van der Waals surface area contributed by atoms with Crippen molar-refractivity contribution in [3.63, 3.8) is 0 Å². The van der Waals surface area contributed by atoms with Crippen molar-refractivity contribution < 1.29 is 9.59 Å². The van der Waals surface area contributed by atoms with E-state index in [9.17, 15) is 9.59 Å². The van der Waals surface area contributed by atoms with Crippen LogP contribution in [0.2, 0.25) is 0 Å². The molecule has 2 heterocycles. The number of nitrogens with one attached hydrogen (secondary N) is 2. The van der Waals surface area contributed by atoms with Crippen molar-refractivity contribution in [2.24, 2.45) is 7.05 Å². The van der Waals surface area contributed by atoms with E-state index in [-0.39, 0.29) is 23.6 Å². The normalized spacial score (nSPS) is 11.7. The molecule has 0 fully saturated rings. The number of thiazole rings is 1. The summed E-state index contributed by atoms with van der Waals surface area (Å²) in [6, 6.07) is 16.5. The summed E-state index contributed by atoms with van der Waals surface area (Å²) in [5.41, 5.74) is 2.37. The van der Waals surface area contributed by atoms with Crippen LogP contribution < -0.4 is 10.6 Å². The Kier molecular flexibility index (Phi) is 7.76. The summed E-state index contributed by atoms with van der Waals surface area (Å²) in [5.74, 6) is 0.391. The van der Waals surface area contributed by atoms with Gasteiger partial charge in [0.05, 0.1) is 17.5 Å². The van der Waals surface area contributed by atoms with E-state index in [1.807, 2.05) is 61.8 Å². The number of hydrogen-bond acceptors (Lipinski definition) is 7. The second-order valence-corrected chi connectivity index (χ2v) is 10.1. The Morgan fingerprint density at radius 1 is 1.12 bits per heavy atom. The largest absolute Gasteiger partial charge is 0.342 e. The highest BCUT2D eigenvalue weighted by molar-refractivity contribution is 9.10. The molecule has 4 rings (SSSR count). The quantitative estimate of drug-likeness (QED) is 0.298. The van der Waals surface area contributed by atoms with E-state index in [1.54, 1.807) is 16.7 Å². The van der Waals surface area contributed by atoms with Crippen LogP contribution in [0, 0.1) is 0 Å². The molecular formula is C23H21BrN6O2S2. The van der Waals surface area contributed by atoms with Gasteiger partial charge in [-0.15, -0.1) is 21.5 Å². The Labute approximate surface area is 213 Å². The van der Waals surface area contributed by atoms with Gasteiger partial charge in [-0.3, -0.25) is 9.59 Å².